The Morgan fingerprint density at radius 3 is 2.57 bits per heavy atom. The molecule has 0 aliphatic carbocycles. The molecule has 1 heterocycles. The van der Waals surface area contributed by atoms with Crippen LogP contribution in [-0.4, -0.2) is 36.3 Å². The number of benzene rings is 1. The van der Waals surface area contributed by atoms with Gasteiger partial charge in [-0.25, -0.2) is 0 Å². The number of amides is 2. The van der Waals surface area contributed by atoms with E-state index in [1.54, 1.807) is 12.1 Å². The van der Waals surface area contributed by atoms with Crippen molar-refractivity contribution in [1.29, 1.82) is 0 Å². The van der Waals surface area contributed by atoms with E-state index in [2.05, 4.69) is 11.4 Å². The summed E-state index contributed by atoms with van der Waals surface area (Å²) in [5.41, 5.74) is 2.23. The molecule has 1 aromatic carbocycles. The van der Waals surface area contributed by atoms with Gasteiger partial charge in [-0.15, -0.1) is 0 Å². The van der Waals surface area contributed by atoms with Gasteiger partial charge >= 0.3 is 0 Å². The standard InChI is InChI=1S/C22H30N2O4/c1-5-11-23-21(25)14-24(12-6-2)22(26)20-10-8-18(28-20)15-27-19-9-7-16(3)13-17(19)4/h7-10,13H,5-6,11-12,14-15H2,1-4H3,(H,23,25). The van der Waals surface area contributed by atoms with E-state index in [1.165, 1.54) is 10.5 Å². The molecule has 6 heteroatoms. The van der Waals surface area contributed by atoms with Crippen LogP contribution >= 0.6 is 0 Å². The molecule has 2 aromatic rings. The topological polar surface area (TPSA) is 71.8 Å². The minimum absolute atomic E-state index is 0.0295. The second-order valence-corrected chi connectivity index (χ2v) is 6.90. The summed E-state index contributed by atoms with van der Waals surface area (Å²) in [5.74, 6) is 1.13. The monoisotopic (exact) mass is 386 g/mol. The van der Waals surface area contributed by atoms with E-state index in [0.29, 0.717) is 18.8 Å². The highest BCUT2D eigenvalue weighted by Crippen LogP contribution is 2.21. The fourth-order valence-electron chi connectivity index (χ4n) is 2.85. The Bertz CT molecular complexity index is 798. The fourth-order valence-corrected chi connectivity index (χ4v) is 2.85. The van der Waals surface area contributed by atoms with Crippen molar-refractivity contribution in [1.82, 2.24) is 10.2 Å². The van der Waals surface area contributed by atoms with E-state index in [1.807, 2.05) is 39.8 Å². The molecule has 6 nitrogen and oxygen atoms in total. The summed E-state index contributed by atoms with van der Waals surface area (Å²) >= 11 is 0. The normalized spacial score (nSPS) is 10.6. The summed E-state index contributed by atoms with van der Waals surface area (Å²) in [7, 11) is 0. The van der Waals surface area contributed by atoms with Gasteiger partial charge in [-0.1, -0.05) is 31.5 Å². The number of hydrogen-bond donors (Lipinski definition) is 1. The molecule has 0 spiro atoms. The average Bonchev–Trinajstić information content (AvgIpc) is 3.13. The second-order valence-electron chi connectivity index (χ2n) is 6.90. The number of ether oxygens (including phenoxy) is 1. The molecule has 0 bridgehead atoms. The lowest BCUT2D eigenvalue weighted by Crippen LogP contribution is -2.41. The van der Waals surface area contributed by atoms with E-state index < -0.39 is 0 Å². The highest BCUT2D eigenvalue weighted by atomic mass is 16.5. The van der Waals surface area contributed by atoms with E-state index in [0.717, 1.165) is 24.2 Å². The number of rotatable bonds is 10. The van der Waals surface area contributed by atoms with Crippen LogP contribution < -0.4 is 10.1 Å². The molecule has 0 radical (unpaired) electrons. The zero-order valence-electron chi connectivity index (χ0n) is 17.2. The molecule has 28 heavy (non-hydrogen) atoms. The van der Waals surface area contributed by atoms with Gasteiger partial charge < -0.3 is 19.4 Å². The van der Waals surface area contributed by atoms with Gasteiger partial charge in [0.05, 0.1) is 6.54 Å². The van der Waals surface area contributed by atoms with Crippen LogP contribution in [-0.2, 0) is 11.4 Å². The maximum atomic E-state index is 12.7. The predicted octanol–water partition coefficient (Wildman–Crippen LogP) is 3.85. The lowest BCUT2D eigenvalue weighted by Gasteiger charge is -2.20. The zero-order chi connectivity index (χ0) is 20.5. The molecular formula is C22H30N2O4. The molecule has 0 saturated carbocycles. The van der Waals surface area contributed by atoms with Crippen molar-refractivity contribution in [3.8, 4) is 5.75 Å². The highest BCUT2D eigenvalue weighted by Gasteiger charge is 2.21. The molecule has 0 aliphatic heterocycles. The van der Waals surface area contributed by atoms with Crippen molar-refractivity contribution < 1.29 is 18.7 Å². The van der Waals surface area contributed by atoms with Crippen LogP contribution in [0.3, 0.4) is 0 Å². The molecule has 0 saturated heterocycles. The molecule has 0 fully saturated rings. The number of nitrogens with zero attached hydrogens (tertiary/aromatic N) is 1. The molecular weight excluding hydrogens is 356 g/mol. The first-order valence-electron chi connectivity index (χ1n) is 9.79. The summed E-state index contributed by atoms with van der Waals surface area (Å²) in [4.78, 5) is 26.2. The maximum absolute atomic E-state index is 12.7. The van der Waals surface area contributed by atoms with Gasteiger partial charge in [-0.3, -0.25) is 9.59 Å². The van der Waals surface area contributed by atoms with Crippen molar-refractivity contribution in [3.05, 3.63) is 53.0 Å². The maximum Gasteiger partial charge on any atom is 0.290 e. The van der Waals surface area contributed by atoms with Gasteiger partial charge in [0.2, 0.25) is 5.91 Å². The predicted molar refractivity (Wildman–Crippen MR) is 108 cm³/mol. The van der Waals surface area contributed by atoms with Crippen molar-refractivity contribution in [2.75, 3.05) is 19.6 Å². The van der Waals surface area contributed by atoms with Crippen molar-refractivity contribution in [3.63, 3.8) is 0 Å². The largest absolute Gasteiger partial charge is 0.485 e. The van der Waals surface area contributed by atoms with E-state index in [9.17, 15) is 9.59 Å². The Morgan fingerprint density at radius 2 is 1.89 bits per heavy atom. The number of aryl methyl sites for hydroxylation is 2. The molecule has 2 amide bonds. The Hall–Kier alpha value is -2.76. The van der Waals surface area contributed by atoms with Gasteiger partial charge in [-0.2, -0.15) is 0 Å². The molecule has 152 valence electrons. The quantitative estimate of drug-likeness (QED) is 0.673. The van der Waals surface area contributed by atoms with Gasteiger partial charge in [0.25, 0.3) is 5.91 Å². The smallest absolute Gasteiger partial charge is 0.290 e. The van der Waals surface area contributed by atoms with E-state index in [4.69, 9.17) is 9.15 Å². The first-order chi connectivity index (χ1) is 13.4. The number of furan rings is 1. The average molecular weight is 386 g/mol. The van der Waals surface area contributed by atoms with Crippen LogP contribution in [0.15, 0.2) is 34.7 Å². The SMILES string of the molecule is CCCNC(=O)CN(CCC)C(=O)c1ccc(COc2ccc(C)cc2C)o1. The molecule has 0 unspecified atom stereocenters. The molecule has 0 atom stereocenters. The van der Waals surface area contributed by atoms with Crippen molar-refractivity contribution >= 4 is 11.8 Å². The summed E-state index contributed by atoms with van der Waals surface area (Å²) in [5, 5.41) is 2.80. The third-order valence-corrected chi connectivity index (χ3v) is 4.26. The Labute approximate surface area is 166 Å². The number of carbonyl (C=O) groups is 2. The third kappa shape index (κ3) is 6.15. The molecule has 1 N–H and O–H groups in total. The van der Waals surface area contributed by atoms with Crippen LogP contribution in [0.1, 0.15) is 54.1 Å². The first-order valence-corrected chi connectivity index (χ1v) is 9.79. The summed E-state index contributed by atoms with van der Waals surface area (Å²) in [6.45, 7) is 9.34. The number of nitrogens with one attached hydrogen (secondary N) is 1. The lowest BCUT2D eigenvalue weighted by molar-refractivity contribution is -0.121. The molecule has 0 aliphatic rings. The van der Waals surface area contributed by atoms with Crippen LogP contribution in [0.25, 0.3) is 0 Å². The lowest BCUT2D eigenvalue weighted by atomic mass is 10.1. The minimum atomic E-state index is -0.286. The fraction of sp³-hybridized carbons (Fsp3) is 0.455. The van der Waals surface area contributed by atoms with Gasteiger partial charge in [0.1, 0.15) is 18.1 Å². The van der Waals surface area contributed by atoms with Crippen LogP contribution in [0, 0.1) is 13.8 Å². The van der Waals surface area contributed by atoms with E-state index >= 15 is 0 Å². The van der Waals surface area contributed by atoms with Crippen LogP contribution in [0.5, 0.6) is 5.75 Å². The Balaban J connectivity index is 1.99. The minimum Gasteiger partial charge on any atom is -0.485 e. The first kappa shape index (κ1) is 21.5. The molecule has 1 aromatic heterocycles. The third-order valence-electron chi connectivity index (χ3n) is 4.26. The van der Waals surface area contributed by atoms with Crippen LogP contribution in [0.2, 0.25) is 0 Å². The van der Waals surface area contributed by atoms with Gasteiger partial charge in [0.15, 0.2) is 5.76 Å². The Kier molecular flexibility index (Phi) is 8.11. The van der Waals surface area contributed by atoms with Crippen molar-refractivity contribution in [2.45, 2.75) is 47.1 Å². The zero-order valence-corrected chi connectivity index (χ0v) is 17.2. The summed E-state index contributed by atoms with van der Waals surface area (Å²) in [6.07, 6.45) is 1.62. The summed E-state index contributed by atoms with van der Waals surface area (Å²) in [6, 6.07) is 9.34. The number of hydrogen-bond acceptors (Lipinski definition) is 4. The number of carbonyl (C=O) groups excluding carboxylic acids is 2. The van der Waals surface area contributed by atoms with Crippen LogP contribution in [0.4, 0.5) is 0 Å². The molecule has 2 rings (SSSR count). The Morgan fingerprint density at radius 1 is 1.11 bits per heavy atom. The van der Waals surface area contributed by atoms with E-state index in [-0.39, 0.29) is 30.7 Å². The highest BCUT2D eigenvalue weighted by molar-refractivity contribution is 5.94. The summed E-state index contributed by atoms with van der Waals surface area (Å²) < 4.78 is 11.5. The van der Waals surface area contributed by atoms with Crippen molar-refractivity contribution in [2.24, 2.45) is 0 Å². The second kappa shape index (κ2) is 10.5. The van der Waals surface area contributed by atoms with Gasteiger partial charge in [-0.05, 0) is 50.5 Å². The van der Waals surface area contributed by atoms with Gasteiger partial charge in [0, 0.05) is 13.1 Å².